The summed E-state index contributed by atoms with van der Waals surface area (Å²) in [6, 6.07) is 0. The third-order valence-corrected chi connectivity index (χ3v) is 1.73. The average Bonchev–Trinajstić information content (AvgIpc) is 2.14. The summed E-state index contributed by atoms with van der Waals surface area (Å²) in [7, 11) is 1.63. The predicted molar refractivity (Wildman–Crippen MR) is 57.8 cm³/mol. The first-order chi connectivity index (χ1) is 6.60. The van der Waals surface area contributed by atoms with E-state index in [9.17, 15) is 4.79 Å². The molecule has 3 heteroatoms. The molecule has 0 radical (unpaired) electrons. The number of nitrogens with one attached hydrogen (secondary N) is 1. The van der Waals surface area contributed by atoms with Crippen LogP contribution in [0.4, 0.5) is 0 Å². The molecule has 0 aliphatic heterocycles. The molecule has 80 valence electrons. The van der Waals surface area contributed by atoms with Crippen LogP contribution in [0.15, 0.2) is 24.0 Å². The number of hydrogen-bond donors (Lipinski definition) is 1. The zero-order valence-corrected chi connectivity index (χ0v) is 9.22. The van der Waals surface area contributed by atoms with Crippen LogP contribution in [-0.4, -0.2) is 19.6 Å². The predicted octanol–water partition coefficient (Wildman–Crippen LogP) is 2.01. The first kappa shape index (κ1) is 12.8. The van der Waals surface area contributed by atoms with Gasteiger partial charge >= 0.3 is 0 Å². The maximum Gasteiger partial charge on any atom is 0.220 e. The molecule has 1 N–H and O–H groups in total. The molecule has 14 heavy (non-hydrogen) atoms. The standard InChI is InChI=1S/C11H19NO2/c1-5-14-10(3)8-9(2)6-7-11(13)12-4/h8H,2,5-7H2,1,3-4H3,(H,12,13)/b10-8+. The maximum atomic E-state index is 10.9. The second-order valence-corrected chi connectivity index (χ2v) is 3.02. The van der Waals surface area contributed by atoms with Crippen LogP contribution in [0.2, 0.25) is 0 Å². The molecule has 0 saturated carbocycles. The minimum atomic E-state index is 0.0358. The average molecular weight is 197 g/mol. The van der Waals surface area contributed by atoms with Gasteiger partial charge in [0, 0.05) is 13.5 Å². The molecule has 0 aromatic rings. The van der Waals surface area contributed by atoms with Crippen LogP contribution in [0.1, 0.15) is 26.7 Å². The van der Waals surface area contributed by atoms with Gasteiger partial charge in [0.25, 0.3) is 0 Å². The Bertz CT molecular complexity index is 231. The van der Waals surface area contributed by atoms with Crippen LogP contribution in [0.25, 0.3) is 0 Å². The first-order valence-electron chi connectivity index (χ1n) is 4.79. The van der Waals surface area contributed by atoms with Crippen molar-refractivity contribution in [1.29, 1.82) is 0 Å². The van der Waals surface area contributed by atoms with E-state index in [1.807, 2.05) is 19.9 Å². The number of amides is 1. The third-order valence-electron chi connectivity index (χ3n) is 1.73. The van der Waals surface area contributed by atoms with E-state index in [0.29, 0.717) is 19.4 Å². The van der Waals surface area contributed by atoms with Gasteiger partial charge in [-0.25, -0.2) is 0 Å². The topological polar surface area (TPSA) is 38.3 Å². The summed E-state index contributed by atoms with van der Waals surface area (Å²) in [6.07, 6.45) is 3.02. The van der Waals surface area contributed by atoms with Gasteiger partial charge in [0.15, 0.2) is 0 Å². The Labute approximate surface area is 85.8 Å². The number of carbonyl (C=O) groups is 1. The number of rotatable bonds is 6. The third kappa shape index (κ3) is 6.29. The van der Waals surface area contributed by atoms with E-state index < -0.39 is 0 Å². The highest BCUT2D eigenvalue weighted by Crippen LogP contribution is 2.07. The summed E-state index contributed by atoms with van der Waals surface area (Å²) in [5.74, 6) is 0.878. The molecule has 0 unspecified atom stereocenters. The lowest BCUT2D eigenvalue weighted by atomic mass is 10.1. The summed E-state index contributed by atoms with van der Waals surface area (Å²) in [6.45, 7) is 8.32. The van der Waals surface area contributed by atoms with Gasteiger partial charge in [0.1, 0.15) is 0 Å². The van der Waals surface area contributed by atoms with Crippen molar-refractivity contribution in [1.82, 2.24) is 5.32 Å². The van der Waals surface area contributed by atoms with E-state index in [4.69, 9.17) is 4.74 Å². The molecular formula is C11H19NO2. The summed E-state index contributed by atoms with van der Waals surface area (Å²) in [4.78, 5) is 10.9. The highest BCUT2D eigenvalue weighted by molar-refractivity contribution is 5.75. The molecule has 0 fully saturated rings. The summed E-state index contributed by atoms with van der Waals surface area (Å²) >= 11 is 0. The highest BCUT2D eigenvalue weighted by Gasteiger charge is 1.99. The van der Waals surface area contributed by atoms with E-state index in [2.05, 4.69) is 11.9 Å². The highest BCUT2D eigenvalue weighted by atomic mass is 16.5. The summed E-state index contributed by atoms with van der Waals surface area (Å²) in [5, 5.41) is 2.57. The van der Waals surface area contributed by atoms with E-state index in [1.54, 1.807) is 7.05 Å². The molecular weight excluding hydrogens is 178 g/mol. The van der Waals surface area contributed by atoms with Gasteiger partial charge in [0.05, 0.1) is 12.4 Å². The lowest BCUT2D eigenvalue weighted by molar-refractivity contribution is -0.120. The van der Waals surface area contributed by atoms with Gasteiger partial charge < -0.3 is 10.1 Å². The Kier molecular flexibility index (Phi) is 6.54. The van der Waals surface area contributed by atoms with Crippen molar-refractivity contribution in [2.75, 3.05) is 13.7 Å². The summed E-state index contributed by atoms with van der Waals surface area (Å²) in [5.41, 5.74) is 0.916. The molecule has 0 atom stereocenters. The number of hydrogen-bond acceptors (Lipinski definition) is 2. The Balaban J connectivity index is 3.86. The minimum Gasteiger partial charge on any atom is -0.499 e. The van der Waals surface area contributed by atoms with Crippen LogP contribution < -0.4 is 5.32 Å². The molecule has 0 bridgehead atoms. The fourth-order valence-corrected chi connectivity index (χ4v) is 1.03. The molecule has 1 amide bonds. The Hall–Kier alpha value is -1.25. The van der Waals surface area contributed by atoms with E-state index in [-0.39, 0.29) is 5.91 Å². The van der Waals surface area contributed by atoms with Crippen molar-refractivity contribution in [2.24, 2.45) is 0 Å². The van der Waals surface area contributed by atoms with Gasteiger partial charge in [-0.1, -0.05) is 12.2 Å². The lowest BCUT2D eigenvalue weighted by Gasteiger charge is -2.04. The lowest BCUT2D eigenvalue weighted by Crippen LogP contribution is -2.17. The normalized spacial score (nSPS) is 10.9. The number of allylic oxidation sites excluding steroid dienone is 3. The number of carbonyl (C=O) groups excluding carboxylic acids is 1. The van der Waals surface area contributed by atoms with Crippen molar-refractivity contribution in [2.45, 2.75) is 26.7 Å². The second kappa shape index (κ2) is 7.18. The smallest absolute Gasteiger partial charge is 0.220 e. The Morgan fingerprint density at radius 2 is 2.14 bits per heavy atom. The van der Waals surface area contributed by atoms with Gasteiger partial charge in [-0.05, 0) is 26.3 Å². The fourth-order valence-electron chi connectivity index (χ4n) is 1.03. The monoisotopic (exact) mass is 197 g/mol. The molecule has 0 aromatic carbocycles. The SMILES string of the molecule is C=C(/C=C(\C)OCC)CCC(=O)NC. The van der Waals surface area contributed by atoms with Crippen LogP contribution in [0.3, 0.4) is 0 Å². The van der Waals surface area contributed by atoms with Crippen LogP contribution in [0, 0.1) is 0 Å². The van der Waals surface area contributed by atoms with Crippen molar-refractivity contribution < 1.29 is 9.53 Å². The zero-order chi connectivity index (χ0) is 11.0. The van der Waals surface area contributed by atoms with Gasteiger partial charge in [-0.3, -0.25) is 4.79 Å². The Morgan fingerprint density at radius 1 is 1.50 bits per heavy atom. The molecule has 0 saturated heterocycles. The zero-order valence-electron chi connectivity index (χ0n) is 9.22. The molecule has 0 rings (SSSR count). The van der Waals surface area contributed by atoms with Crippen LogP contribution in [-0.2, 0) is 9.53 Å². The maximum absolute atomic E-state index is 10.9. The molecule has 0 heterocycles. The van der Waals surface area contributed by atoms with Gasteiger partial charge in [-0.2, -0.15) is 0 Å². The molecule has 3 nitrogen and oxygen atoms in total. The molecule has 0 spiro atoms. The van der Waals surface area contributed by atoms with Crippen molar-refractivity contribution in [3.05, 3.63) is 24.0 Å². The van der Waals surface area contributed by atoms with Crippen molar-refractivity contribution >= 4 is 5.91 Å². The van der Waals surface area contributed by atoms with Crippen LogP contribution in [0.5, 0.6) is 0 Å². The molecule has 0 aliphatic carbocycles. The minimum absolute atomic E-state index is 0.0358. The molecule has 0 aliphatic rings. The van der Waals surface area contributed by atoms with Gasteiger partial charge in [0.2, 0.25) is 5.91 Å². The fraction of sp³-hybridized carbons (Fsp3) is 0.545. The quantitative estimate of drug-likeness (QED) is 0.522. The van der Waals surface area contributed by atoms with E-state index in [1.165, 1.54) is 0 Å². The summed E-state index contributed by atoms with van der Waals surface area (Å²) < 4.78 is 5.25. The Morgan fingerprint density at radius 3 is 2.64 bits per heavy atom. The van der Waals surface area contributed by atoms with Crippen molar-refractivity contribution in [3.63, 3.8) is 0 Å². The van der Waals surface area contributed by atoms with Crippen LogP contribution >= 0.6 is 0 Å². The van der Waals surface area contributed by atoms with E-state index in [0.717, 1.165) is 11.3 Å². The first-order valence-corrected chi connectivity index (χ1v) is 4.79. The van der Waals surface area contributed by atoms with Crippen molar-refractivity contribution in [3.8, 4) is 0 Å². The largest absolute Gasteiger partial charge is 0.499 e. The molecule has 0 aromatic heterocycles. The van der Waals surface area contributed by atoms with Gasteiger partial charge in [-0.15, -0.1) is 0 Å². The van der Waals surface area contributed by atoms with E-state index >= 15 is 0 Å². The number of ether oxygens (including phenoxy) is 1. The second-order valence-electron chi connectivity index (χ2n) is 3.02.